The monoisotopic (exact) mass is 355 g/mol. The Balaban J connectivity index is 1.71. The van der Waals surface area contributed by atoms with Gasteiger partial charge in [0.2, 0.25) is 0 Å². The van der Waals surface area contributed by atoms with Crippen LogP contribution in [0.3, 0.4) is 0 Å². The number of anilines is 1. The summed E-state index contributed by atoms with van der Waals surface area (Å²) in [5, 5.41) is 2.94. The second kappa shape index (κ2) is 7.64. The highest BCUT2D eigenvalue weighted by Crippen LogP contribution is 2.30. The number of urea groups is 1. The molecule has 0 spiro atoms. The molecule has 1 aromatic carbocycles. The minimum Gasteiger partial charge on any atom is -0.462 e. The van der Waals surface area contributed by atoms with Crippen molar-refractivity contribution in [3.63, 3.8) is 0 Å². The first-order valence-electron chi connectivity index (χ1n) is 9.06. The number of ether oxygens (including phenoxy) is 1. The molecular weight excluding hydrogens is 330 g/mol. The summed E-state index contributed by atoms with van der Waals surface area (Å²) in [4.78, 5) is 26.4. The number of amides is 2. The zero-order valence-corrected chi connectivity index (χ0v) is 15.5. The molecule has 2 aromatic rings. The summed E-state index contributed by atoms with van der Waals surface area (Å²) >= 11 is 0. The number of carbonyl (C=O) groups is 2. The zero-order valence-electron chi connectivity index (χ0n) is 15.5. The van der Waals surface area contributed by atoms with Crippen molar-refractivity contribution in [2.75, 3.05) is 18.5 Å². The molecule has 6 nitrogen and oxygen atoms in total. The molecule has 0 bridgehead atoms. The van der Waals surface area contributed by atoms with Gasteiger partial charge in [0, 0.05) is 30.2 Å². The van der Waals surface area contributed by atoms with E-state index in [1.54, 1.807) is 31.2 Å². The number of rotatable bonds is 4. The summed E-state index contributed by atoms with van der Waals surface area (Å²) in [6.07, 6.45) is 0.860. The molecule has 1 aliphatic rings. The Hall–Kier alpha value is -2.76. The van der Waals surface area contributed by atoms with Crippen LogP contribution in [0.4, 0.5) is 10.5 Å². The highest BCUT2D eigenvalue weighted by Gasteiger charge is 2.30. The smallest absolute Gasteiger partial charge is 0.338 e. The van der Waals surface area contributed by atoms with Gasteiger partial charge in [0.15, 0.2) is 0 Å². The van der Waals surface area contributed by atoms with E-state index in [0.717, 1.165) is 13.0 Å². The van der Waals surface area contributed by atoms with Gasteiger partial charge in [-0.15, -0.1) is 0 Å². The summed E-state index contributed by atoms with van der Waals surface area (Å²) in [5.74, 6) is -0.358. The van der Waals surface area contributed by atoms with E-state index in [1.807, 2.05) is 4.90 Å². The van der Waals surface area contributed by atoms with E-state index in [0.29, 0.717) is 24.4 Å². The molecule has 0 aliphatic carbocycles. The second-order valence-corrected chi connectivity index (χ2v) is 6.40. The Morgan fingerprint density at radius 1 is 1.12 bits per heavy atom. The van der Waals surface area contributed by atoms with Crippen LogP contribution in [0, 0.1) is 6.92 Å². The van der Waals surface area contributed by atoms with Crippen LogP contribution in [0.1, 0.15) is 48.1 Å². The fourth-order valence-corrected chi connectivity index (χ4v) is 3.48. The summed E-state index contributed by atoms with van der Waals surface area (Å²) in [6.45, 7) is 7.78. The van der Waals surface area contributed by atoms with E-state index in [2.05, 4.69) is 35.9 Å². The third-order valence-corrected chi connectivity index (χ3v) is 4.81. The number of carbonyl (C=O) groups excluding carboxylic acids is 2. The van der Waals surface area contributed by atoms with Gasteiger partial charge in [-0.05, 0) is 56.7 Å². The van der Waals surface area contributed by atoms with Crippen LogP contribution < -0.4 is 5.32 Å². The fourth-order valence-electron chi connectivity index (χ4n) is 3.48. The van der Waals surface area contributed by atoms with E-state index in [9.17, 15) is 9.59 Å². The molecule has 138 valence electrons. The van der Waals surface area contributed by atoms with Crippen molar-refractivity contribution in [2.45, 2.75) is 39.8 Å². The SMILES string of the molecule is CCOC(=O)c1ccc(NC(=O)N2CCn3c(C)ccc3[C@H]2CC)cc1. The molecule has 1 aliphatic heterocycles. The lowest BCUT2D eigenvalue weighted by Gasteiger charge is -2.37. The van der Waals surface area contributed by atoms with Gasteiger partial charge >= 0.3 is 12.0 Å². The molecule has 2 heterocycles. The molecule has 1 N–H and O–H groups in total. The molecule has 26 heavy (non-hydrogen) atoms. The average molecular weight is 355 g/mol. The van der Waals surface area contributed by atoms with Crippen LogP contribution >= 0.6 is 0 Å². The van der Waals surface area contributed by atoms with Crippen LogP contribution in [0.15, 0.2) is 36.4 Å². The molecule has 0 radical (unpaired) electrons. The molecule has 1 atom stereocenters. The molecule has 1 aromatic heterocycles. The molecule has 0 saturated carbocycles. The minimum atomic E-state index is -0.358. The largest absolute Gasteiger partial charge is 0.462 e. The van der Waals surface area contributed by atoms with Gasteiger partial charge in [0.25, 0.3) is 0 Å². The summed E-state index contributed by atoms with van der Waals surface area (Å²) in [6, 6.07) is 10.9. The summed E-state index contributed by atoms with van der Waals surface area (Å²) in [5.41, 5.74) is 3.55. The Bertz CT molecular complexity index is 795. The minimum absolute atomic E-state index is 0.0660. The predicted molar refractivity (Wildman–Crippen MR) is 100 cm³/mol. The van der Waals surface area contributed by atoms with Gasteiger partial charge in [0.1, 0.15) is 0 Å². The number of fused-ring (bicyclic) bond motifs is 1. The maximum Gasteiger partial charge on any atom is 0.338 e. The average Bonchev–Trinajstić information content (AvgIpc) is 3.03. The number of aryl methyl sites for hydroxylation is 1. The zero-order chi connectivity index (χ0) is 18.7. The van der Waals surface area contributed by atoms with Gasteiger partial charge in [0.05, 0.1) is 18.2 Å². The lowest BCUT2D eigenvalue weighted by Crippen LogP contribution is -2.44. The number of aromatic nitrogens is 1. The van der Waals surface area contributed by atoms with Crippen LogP contribution in [-0.2, 0) is 11.3 Å². The quantitative estimate of drug-likeness (QED) is 0.844. The van der Waals surface area contributed by atoms with E-state index in [1.165, 1.54) is 11.4 Å². The van der Waals surface area contributed by atoms with Crippen molar-refractivity contribution in [1.82, 2.24) is 9.47 Å². The van der Waals surface area contributed by atoms with Crippen LogP contribution in [0.25, 0.3) is 0 Å². The van der Waals surface area contributed by atoms with Crippen molar-refractivity contribution in [2.24, 2.45) is 0 Å². The first-order chi connectivity index (χ1) is 12.5. The first-order valence-corrected chi connectivity index (χ1v) is 9.06. The van der Waals surface area contributed by atoms with Gasteiger partial charge in [-0.25, -0.2) is 9.59 Å². The maximum absolute atomic E-state index is 12.8. The van der Waals surface area contributed by atoms with Crippen molar-refractivity contribution in [3.8, 4) is 0 Å². The molecule has 0 saturated heterocycles. The third kappa shape index (κ3) is 3.45. The number of hydrogen-bond acceptors (Lipinski definition) is 3. The van der Waals surface area contributed by atoms with Crippen LogP contribution in [0.5, 0.6) is 0 Å². The molecule has 0 unspecified atom stereocenters. The third-order valence-electron chi connectivity index (χ3n) is 4.81. The number of nitrogens with one attached hydrogen (secondary N) is 1. The van der Waals surface area contributed by atoms with Crippen molar-refractivity contribution < 1.29 is 14.3 Å². The van der Waals surface area contributed by atoms with E-state index in [-0.39, 0.29) is 18.0 Å². The fraction of sp³-hybridized carbons (Fsp3) is 0.400. The lowest BCUT2D eigenvalue weighted by atomic mass is 10.1. The topological polar surface area (TPSA) is 63.6 Å². The van der Waals surface area contributed by atoms with Crippen molar-refractivity contribution in [1.29, 1.82) is 0 Å². The Morgan fingerprint density at radius 3 is 2.50 bits per heavy atom. The molecule has 2 amide bonds. The van der Waals surface area contributed by atoms with E-state index < -0.39 is 0 Å². The molecular formula is C20H25N3O3. The van der Waals surface area contributed by atoms with Crippen molar-refractivity contribution in [3.05, 3.63) is 53.3 Å². The number of hydrogen-bond donors (Lipinski definition) is 1. The second-order valence-electron chi connectivity index (χ2n) is 6.40. The Labute approximate surface area is 153 Å². The standard InChI is InChI=1S/C20H25N3O3/c1-4-17-18-11-6-14(3)22(18)12-13-23(17)20(25)21-16-9-7-15(8-10-16)19(24)26-5-2/h6-11,17H,4-5,12-13H2,1-3H3,(H,21,25)/t17-/m1/s1. The number of benzene rings is 1. The highest BCUT2D eigenvalue weighted by atomic mass is 16.5. The van der Waals surface area contributed by atoms with Crippen molar-refractivity contribution >= 4 is 17.7 Å². The summed E-state index contributed by atoms with van der Waals surface area (Å²) < 4.78 is 7.25. The maximum atomic E-state index is 12.8. The summed E-state index contributed by atoms with van der Waals surface area (Å²) in [7, 11) is 0. The van der Waals surface area contributed by atoms with Gasteiger partial charge in [-0.3, -0.25) is 0 Å². The number of nitrogens with zero attached hydrogens (tertiary/aromatic N) is 2. The molecule has 3 rings (SSSR count). The van der Waals surface area contributed by atoms with E-state index >= 15 is 0 Å². The predicted octanol–water partition coefficient (Wildman–Crippen LogP) is 3.97. The lowest BCUT2D eigenvalue weighted by molar-refractivity contribution is 0.0526. The molecule has 0 fully saturated rings. The van der Waals surface area contributed by atoms with Gasteiger partial charge < -0.3 is 19.5 Å². The Morgan fingerprint density at radius 2 is 1.85 bits per heavy atom. The highest BCUT2D eigenvalue weighted by molar-refractivity contribution is 5.92. The normalized spacial score (nSPS) is 16.1. The first kappa shape index (κ1) is 18.0. The van der Waals surface area contributed by atoms with Crippen LogP contribution in [-0.4, -0.2) is 34.6 Å². The van der Waals surface area contributed by atoms with Crippen LogP contribution in [0.2, 0.25) is 0 Å². The number of esters is 1. The van der Waals surface area contributed by atoms with Gasteiger partial charge in [-0.2, -0.15) is 0 Å². The molecule has 6 heteroatoms. The van der Waals surface area contributed by atoms with E-state index in [4.69, 9.17) is 4.74 Å². The Kier molecular flexibility index (Phi) is 5.30. The van der Waals surface area contributed by atoms with Gasteiger partial charge in [-0.1, -0.05) is 6.92 Å².